The van der Waals surface area contributed by atoms with Crippen molar-refractivity contribution in [3.8, 4) is 28.7 Å². The molecule has 2 unspecified atom stereocenters. The summed E-state index contributed by atoms with van der Waals surface area (Å²) in [5.41, 5.74) is 0.859. The van der Waals surface area contributed by atoms with E-state index < -0.39 is 15.9 Å². The van der Waals surface area contributed by atoms with E-state index >= 15 is 0 Å². The molecule has 0 radical (unpaired) electrons. The van der Waals surface area contributed by atoms with Crippen molar-refractivity contribution >= 4 is 21.9 Å². The van der Waals surface area contributed by atoms with Crippen LogP contribution in [0.2, 0.25) is 0 Å². The molecule has 2 fully saturated rings. The number of nitrogens with one attached hydrogen (secondary N) is 1. The topological polar surface area (TPSA) is 133 Å². The van der Waals surface area contributed by atoms with Crippen molar-refractivity contribution < 1.29 is 31.8 Å². The van der Waals surface area contributed by atoms with Crippen molar-refractivity contribution in [3.05, 3.63) is 42.0 Å². The second kappa shape index (κ2) is 11.8. The molecule has 12 heteroatoms. The Morgan fingerprint density at radius 3 is 2.21 bits per heavy atom. The Morgan fingerprint density at radius 1 is 0.977 bits per heavy atom. The number of aromatic nitrogens is 2. The van der Waals surface area contributed by atoms with Gasteiger partial charge in [-0.05, 0) is 87.3 Å². The molecular weight excluding hydrogens is 572 g/mol. The fourth-order valence-corrected chi connectivity index (χ4v) is 8.45. The van der Waals surface area contributed by atoms with E-state index in [-0.39, 0.29) is 39.2 Å². The number of rotatable bonds is 11. The third-order valence-electron chi connectivity index (χ3n) is 7.89. The van der Waals surface area contributed by atoms with Crippen LogP contribution < -0.4 is 19.5 Å². The molecule has 2 bridgehead atoms. The van der Waals surface area contributed by atoms with E-state index in [0.717, 1.165) is 19.3 Å². The molecule has 3 aromatic rings. The number of hydrogen-bond acceptors (Lipinski definition) is 9. The number of fused-ring (bicyclic) bond motifs is 2. The summed E-state index contributed by atoms with van der Waals surface area (Å²) in [7, 11) is -3.70. The average Bonchev–Trinajstić information content (AvgIpc) is 3.51. The van der Waals surface area contributed by atoms with Crippen molar-refractivity contribution in [3.63, 3.8) is 0 Å². The van der Waals surface area contributed by atoms with Crippen molar-refractivity contribution in [2.75, 3.05) is 31.7 Å². The van der Waals surface area contributed by atoms with Crippen LogP contribution in [0, 0.1) is 10.8 Å². The first-order valence-corrected chi connectivity index (χ1v) is 16.2. The maximum Gasteiger partial charge on any atom is 0.322 e. The first-order chi connectivity index (χ1) is 20.4. The van der Waals surface area contributed by atoms with Crippen LogP contribution in [0.3, 0.4) is 0 Å². The Morgan fingerprint density at radius 2 is 1.60 bits per heavy atom. The Kier molecular flexibility index (Phi) is 8.45. The molecule has 1 aliphatic heterocycles. The molecule has 232 valence electrons. The minimum Gasteiger partial charge on any atom is -0.490 e. The van der Waals surface area contributed by atoms with Crippen LogP contribution in [-0.2, 0) is 10.0 Å². The number of sulfonamides is 1. The molecule has 0 spiro atoms. The van der Waals surface area contributed by atoms with E-state index in [0.29, 0.717) is 49.2 Å². The fourth-order valence-electron chi connectivity index (χ4n) is 6.67. The molecule has 1 N–H and O–H groups in total. The number of anilines is 1. The van der Waals surface area contributed by atoms with Gasteiger partial charge in [0, 0.05) is 23.7 Å². The zero-order valence-corrected chi connectivity index (χ0v) is 26.4. The molecule has 2 heterocycles. The van der Waals surface area contributed by atoms with Crippen LogP contribution in [0.15, 0.2) is 45.7 Å². The smallest absolute Gasteiger partial charge is 0.322 e. The summed E-state index contributed by atoms with van der Waals surface area (Å²) in [5.74, 6) is 1.06. The van der Waals surface area contributed by atoms with Crippen LogP contribution in [0.5, 0.6) is 17.2 Å². The van der Waals surface area contributed by atoms with E-state index in [9.17, 15) is 13.2 Å². The van der Waals surface area contributed by atoms with Crippen molar-refractivity contribution in [2.45, 2.75) is 71.7 Å². The summed E-state index contributed by atoms with van der Waals surface area (Å²) in [6.07, 6.45) is 2.71. The Hall–Kier alpha value is -3.64. The van der Waals surface area contributed by atoms with Crippen molar-refractivity contribution in [1.82, 2.24) is 14.5 Å². The molecule has 43 heavy (non-hydrogen) atoms. The lowest BCUT2D eigenvalue weighted by Gasteiger charge is -2.39. The predicted octanol–water partition coefficient (Wildman–Crippen LogP) is 5.77. The van der Waals surface area contributed by atoms with Crippen LogP contribution >= 0.6 is 0 Å². The van der Waals surface area contributed by atoms with Gasteiger partial charge in [0.15, 0.2) is 11.5 Å². The van der Waals surface area contributed by atoms with Gasteiger partial charge < -0.3 is 18.6 Å². The van der Waals surface area contributed by atoms with Gasteiger partial charge in [0.1, 0.15) is 0 Å². The minimum absolute atomic E-state index is 0.0157. The van der Waals surface area contributed by atoms with Gasteiger partial charge in [-0.3, -0.25) is 10.1 Å². The van der Waals surface area contributed by atoms with E-state index in [4.69, 9.17) is 18.6 Å². The molecule has 2 atom stereocenters. The van der Waals surface area contributed by atoms with E-state index in [1.54, 1.807) is 16.4 Å². The SMILES string of the molecule is CCOc1cc(-c2nnc(NC(=O)c3ccc(S(=O)(=O)N4CC5(C)CC4CC(C)(C)C5)cc3)o2)cc(OCC)c1OCC. The van der Waals surface area contributed by atoms with Gasteiger partial charge in [0.2, 0.25) is 21.7 Å². The Balaban J connectivity index is 1.31. The van der Waals surface area contributed by atoms with Gasteiger partial charge in [0.05, 0.1) is 24.7 Å². The molecule has 2 aliphatic rings. The molecule has 1 aliphatic carbocycles. The quantitative estimate of drug-likeness (QED) is 0.286. The number of carbonyl (C=O) groups is 1. The second-order valence-corrected chi connectivity index (χ2v) is 14.1. The maximum atomic E-state index is 13.6. The standard InChI is InChI=1S/C31H40N4O7S/c1-7-39-24-14-21(15-25(40-8-2)26(24)41-9-3)28-33-34-29(42-28)32-27(36)20-10-12-23(13-11-20)43(37,38)35-19-31(6)17-22(35)16-30(4,5)18-31/h10-15,22H,7-9,16-19H2,1-6H3,(H,32,34,36). The normalized spacial score (nSPS) is 21.4. The van der Waals surface area contributed by atoms with Gasteiger partial charge in [-0.2, -0.15) is 4.31 Å². The van der Waals surface area contributed by atoms with Crippen LogP contribution in [0.4, 0.5) is 6.01 Å². The van der Waals surface area contributed by atoms with Crippen molar-refractivity contribution in [2.24, 2.45) is 10.8 Å². The van der Waals surface area contributed by atoms with E-state index in [1.807, 2.05) is 20.8 Å². The Bertz CT molecular complexity index is 1560. The zero-order valence-electron chi connectivity index (χ0n) is 25.6. The van der Waals surface area contributed by atoms with Gasteiger partial charge >= 0.3 is 6.01 Å². The number of hydrogen-bond donors (Lipinski definition) is 1. The average molecular weight is 613 g/mol. The summed E-state index contributed by atoms with van der Waals surface area (Å²) in [6.45, 7) is 14.0. The molecule has 2 aromatic carbocycles. The number of carbonyl (C=O) groups excluding carboxylic acids is 1. The summed E-state index contributed by atoms with van der Waals surface area (Å²) in [4.78, 5) is 13.2. The first-order valence-electron chi connectivity index (χ1n) is 14.7. The predicted molar refractivity (Wildman–Crippen MR) is 161 cm³/mol. The number of ether oxygens (including phenoxy) is 3. The summed E-state index contributed by atoms with van der Waals surface area (Å²) < 4.78 is 51.8. The largest absolute Gasteiger partial charge is 0.490 e. The lowest BCUT2D eigenvalue weighted by atomic mass is 9.65. The van der Waals surface area contributed by atoms with Gasteiger partial charge in [-0.1, -0.05) is 25.9 Å². The highest BCUT2D eigenvalue weighted by Gasteiger charge is 2.53. The van der Waals surface area contributed by atoms with Crippen LogP contribution in [0.25, 0.3) is 11.5 Å². The highest BCUT2D eigenvalue weighted by molar-refractivity contribution is 7.89. The summed E-state index contributed by atoms with van der Waals surface area (Å²) >= 11 is 0. The molecule has 1 amide bonds. The third-order valence-corrected chi connectivity index (χ3v) is 9.80. The lowest BCUT2D eigenvalue weighted by molar-refractivity contribution is 0.102. The summed E-state index contributed by atoms with van der Waals surface area (Å²) in [5, 5.41) is 10.6. The van der Waals surface area contributed by atoms with Gasteiger partial charge in [-0.15, -0.1) is 5.10 Å². The number of amides is 1. The molecular formula is C31H40N4O7S. The molecule has 5 rings (SSSR count). The third kappa shape index (κ3) is 6.35. The van der Waals surface area contributed by atoms with Gasteiger partial charge in [-0.25, -0.2) is 8.42 Å². The lowest BCUT2D eigenvalue weighted by Crippen LogP contribution is -2.37. The second-order valence-electron chi connectivity index (χ2n) is 12.3. The van der Waals surface area contributed by atoms with Gasteiger partial charge in [0.25, 0.3) is 5.91 Å². The monoisotopic (exact) mass is 612 g/mol. The zero-order chi connectivity index (χ0) is 31.0. The summed E-state index contributed by atoms with van der Waals surface area (Å²) in [6, 6.07) is 9.23. The Labute approximate surface area is 253 Å². The fraction of sp³-hybridized carbons (Fsp3) is 0.516. The highest BCUT2D eigenvalue weighted by atomic mass is 32.2. The van der Waals surface area contributed by atoms with E-state index in [2.05, 4.69) is 36.3 Å². The molecule has 1 saturated heterocycles. The first kappa shape index (κ1) is 30.8. The highest BCUT2D eigenvalue weighted by Crippen LogP contribution is 2.53. The molecule has 1 saturated carbocycles. The van der Waals surface area contributed by atoms with Crippen LogP contribution in [0.1, 0.15) is 71.2 Å². The maximum absolute atomic E-state index is 13.6. The number of benzene rings is 2. The van der Waals surface area contributed by atoms with Crippen molar-refractivity contribution in [1.29, 1.82) is 0 Å². The molecule has 11 nitrogen and oxygen atoms in total. The number of nitrogens with zero attached hydrogens (tertiary/aromatic N) is 3. The molecule has 1 aromatic heterocycles. The minimum atomic E-state index is -3.70. The van der Waals surface area contributed by atoms with E-state index in [1.165, 1.54) is 24.3 Å². The van der Waals surface area contributed by atoms with Crippen LogP contribution in [-0.4, -0.2) is 61.2 Å².